The van der Waals surface area contributed by atoms with E-state index in [4.69, 9.17) is 10.9 Å². The quantitative estimate of drug-likeness (QED) is 0.368. The molecule has 1 aliphatic carbocycles. The first-order valence-electron chi connectivity index (χ1n) is 6.32. The molecule has 0 amide bonds. The SMILES string of the molecule is Cc1ccc(/C(N)=N/O)c(=O)n1CC1CCCC1. The predicted octanol–water partition coefficient (Wildman–Crippen LogP) is 1.44. The van der Waals surface area contributed by atoms with Crippen molar-refractivity contribution in [3.05, 3.63) is 33.7 Å². The Morgan fingerprint density at radius 3 is 2.78 bits per heavy atom. The number of rotatable bonds is 3. The fourth-order valence-corrected chi connectivity index (χ4v) is 2.60. The van der Waals surface area contributed by atoms with Gasteiger partial charge in [0.2, 0.25) is 0 Å². The van der Waals surface area contributed by atoms with Crippen LogP contribution >= 0.6 is 0 Å². The molecule has 1 heterocycles. The van der Waals surface area contributed by atoms with E-state index in [1.54, 1.807) is 10.6 Å². The van der Waals surface area contributed by atoms with E-state index in [1.807, 2.05) is 13.0 Å². The fraction of sp³-hybridized carbons (Fsp3) is 0.538. The zero-order valence-electron chi connectivity index (χ0n) is 10.6. The van der Waals surface area contributed by atoms with Gasteiger partial charge in [0.15, 0.2) is 5.84 Å². The molecular weight excluding hydrogens is 230 g/mol. The maximum atomic E-state index is 12.3. The molecule has 5 heteroatoms. The monoisotopic (exact) mass is 249 g/mol. The molecule has 0 saturated heterocycles. The van der Waals surface area contributed by atoms with Crippen LogP contribution in [-0.2, 0) is 6.54 Å². The van der Waals surface area contributed by atoms with E-state index in [1.165, 1.54) is 25.7 Å². The Morgan fingerprint density at radius 1 is 1.50 bits per heavy atom. The van der Waals surface area contributed by atoms with Crippen molar-refractivity contribution in [2.45, 2.75) is 39.2 Å². The predicted molar refractivity (Wildman–Crippen MR) is 69.9 cm³/mol. The van der Waals surface area contributed by atoms with E-state index in [9.17, 15) is 4.79 Å². The van der Waals surface area contributed by atoms with Crippen LogP contribution in [-0.4, -0.2) is 15.6 Å². The van der Waals surface area contributed by atoms with Crippen LogP contribution < -0.4 is 11.3 Å². The van der Waals surface area contributed by atoms with Gasteiger partial charge in [-0.2, -0.15) is 0 Å². The van der Waals surface area contributed by atoms with Crippen LogP contribution in [0.1, 0.15) is 36.9 Å². The summed E-state index contributed by atoms with van der Waals surface area (Å²) in [6, 6.07) is 3.45. The van der Waals surface area contributed by atoms with Gasteiger partial charge in [0.1, 0.15) is 0 Å². The van der Waals surface area contributed by atoms with E-state index in [-0.39, 0.29) is 17.0 Å². The van der Waals surface area contributed by atoms with Crippen LogP contribution in [0.3, 0.4) is 0 Å². The van der Waals surface area contributed by atoms with Gasteiger partial charge in [-0.25, -0.2) is 0 Å². The molecule has 0 radical (unpaired) electrons. The zero-order valence-corrected chi connectivity index (χ0v) is 10.6. The van der Waals surface area contributed by atoms with Gasteiger partial charge in [-0.3, -0.25) is 4.79 Å². The Morgan fingerprint density at radius 2 is 2.17 bits per heavy atom. The van der Waals surface area contributed by atoms with Gasteiger partial charge in [-0.05, 0) is 37.8 Å². The number of pyridine rings is 1. The molecule has 1 aromatic rings. The minimum Gasteiger partial charge on any atom is -0.409 e. The van der Waals surface area contributed by atoms with Crippen LogP contribution in [0.4, 0.5) is 0 Å². The normalized spacial score (nSPS) is 17.3. The summed E-state index contributed by atoms with van der Waals surface area (Å²) in [5.74, 6) is 0.448. The summed E-state index contributed by atoms with van der Waals surface area (Å²) in [6.07, 6.45) is 4.86. The average molecular weight is 249 g/mol. The minimum atomic E-state index is -0.169. The second-order valence-electron chi connectivity index (χ2n) is 4.94. The van der Waals surface area contributed by atoms with E-state index >= 15 is 0 Å². The third kappa shape index (κ3) is 2.39. The van der Waals surface area contributed by atoms with Crippen molar-refractivity contribution < 1.29 is 5.21 Å². The maximum Gasteiger partial charge on any atom is 0.261 e. The Balaban J connectivity index is 2.36. The van der Waals surface area contributed by atoms with E-state index in [0.29, 0.717) is 5.92 Å². The number of oxime groups is 1. The third-order valence-corrected chi connectivity index (χ3v) is 3.69. The molecule has 98 valence electrons. The van der Waals surface area contributed by atoms with Crippen LogP contribution in [0.25, 0.3) is 0 Å². The van der Waals surface area contributed by atoms with Gasteiger partial charge in [-0.1, -0.05) is 18.0 Å². The van der Waals surface area contributed by atoms with Crippen molar-refractivity contribution in [2.75, 3.05) is 0 Å². The molecule has 0 aromatic carbocycles. The molecule has 0 atom stereocenters. The summed E-state index contributed by atoms with van der Waals surface area (Å²) < 4.78 is 1.74. The highest BCUT2D eigenvalue weighted by atomic mass is 16.4. The summed E-state index contributed by atoms with van der Waals surface area (Å²) in [7, 11) is 0. The van der Waals surface area contributed by atoms with E-state index in [0.717, 1.165) is 12.2 Å². The molecule has 3 N–H and O–H groups in total. The number of hydrogen-bond donors (Lipinski definition) is 2. The van der Waals surface area contributed by atoms with Crippen molar-refractivity contribution in [2.24, 2.45) is 16.8 Å². The molecule has 18 heavy (non-hydrogen) atoms. The fourth-order valence-electron chi connectivity index (χ4n) is 2.60. The van der Waals surface area contributed by atoms with Crippen LogP contribution in [0.5, 0.6) is 0 Å². The molecule has 1 aliphatic rings. The Bertz CT molecular complexity index is 513. The summed E-state index contributed by atoms with van der Waals surface area (Å²) >= 11 is 0. The van der Waals surface area contributed by atoms with Gasteiger partial charge < -0.3 is 15.5 Å². The Labute approximate surface area is 106 Å². The second-order valence-corrected chi connectivity index (χ2v) is 4.94. The molecule has 1 aromatic heterocycles. The lowest BCUT2D eigenvalue weighted by Gasteiger charge is -2.15. The van der Waals surface area contributed by atoms with Gasteiger partial charge >= 0.3 is 0 Å². The largest absolute Gasteiger partial charge is 0.409 e. The number of hydrogen-bond acceptors (Lipinski definition) is 3. The minimum absolute atomic E-state index is 0.125. The van der Waals surface area contributed by atoms with Crippen molar-refractivity contribution >= 4 is 5.84 Å². The maximum absolute atomic E-state index is 12.3. The van der Waals surface area contributed by atoms with Crippen LogP contribution in [0.15, 0.2) is 22.1 Å². The van der Waals surface area contributed by atoms with E-state index in [2.05, 4.69) is 5.16 Å². The molecule has 1 fully saturated rings. The first-order valence-corrected chi connectivity index (χ1v) is 6.32. The van der Waals surface area contributed by atoms with Crippen molar-refractivity contribution in [3.63, 3.8) is 0 Å². The first-order chi connectivity index (χ1) is 8.63. The average Bonchev–Trinajstić information content (AvgIpc) is 2.86. The molecule has 1 saturated carbocycles. The molecule has 0 spiro atoms. The van der Waals surface area contributed by atoms with Gasteiger partial charge in [-0.15, -0.1) is 0 Å². The lowest BCUT2D eigenvalue weighted by molar-refractivity contribution is 0.318. The smallest absolute Gasteiger partial charge is 0.261 e. The zero-order chi connectivity index (χ0) is 13.1. The lowest BCUT2D eigenvalue weighted by Crippen LogP contribution is -2.32. The summed E-state index contributed by atoms with van der Waals surface area (Å²) in [4.78, 5) is 12.3. The summed E-state index contributed by atoms with van der Waals surface area (Å²) in [6.45, 7) is 2.64. The van der Waals surface area contributed by atoms with Crippen molar-refractivity contribution in [1.82, 2.24) is 4.57 Å². The highest BCUT2D eigenvalue weighted by Crippen LogP contribution is 2.26. The lowest BCUT2D eigenvalue weighted by atomic mass is 10.1. The molecule has 2 rings (SSSR count). The number of nitrogens with two attached hydrogens (primary N) is 1. The molecular formula is C13H19N3O2. The standard InChI is InChI=1S/C13H19N3O2/c1-9-6-7-11(12(14)15-18)13(17)16(9)8-10-4-2-3-5-10/h6-7,10,18H,2-5,8H2,1H3,(H2,14,15). The molecule has 0 bridgehead atoms. The number of aromatic nitrogens is 1. The Hall–Kier alpha value is -1.78. The highest BCUT2D eigenvalue weighted by molar-refractivity contribution is 5.96. The molecule has 0 aliphatic heterocycles. The number of amidine groups is 1. The highest BCUT2D eigenvalue weighted by Gasteiger charge is 2.18. The van der Waals surface area contributed by atoms with Gasteiger partial charge in [0.25, 0.3) is 5.56 Å². The topological polar surface area (TPSA) is 80.6 Å². The summed E-state index contributed by atoms with van der Waals surface area (Å²) in [5, 5.41) is 11.6. The van der Waals surface area contributed by atoms with E-state index < -0.39 is 0 Å². The number of aryl methyl sites for hydroxylation is 1. The Kier molecular flexibility index (Phi) is 3.69. The number of nitrogens with zero attached hydrogens (tertiary/aromatic N) is 2. The van der Waals surface area contributed by atoms with Crippen molar-refractivity contribution in [3.8, 4) is 0 Å². The first kappa shape index (κ1) is 12.7. The van der Waals surface area contributed by atoms with Crippen LogP contribution in [0, 0.1) is 12.8 Å². The van der Waals surface area contributed by atoms with Gasteiger partial charge in [0, 0.05) is 12.2 Å². The van der Waals surface area contributed by atoms with Crippen molar-refractivity contribution in [1.29, 1.82) is 0 Å². The molecule has 5 nitrogen and oxygen atoms in total. The third-order valence-electron chi connectivity index (χ3n) is 3.69. The second kappa shape index (κ2) is 5.25. The molecule has 0 unspecified atom stereocenters. The van der Waals surface area contributed by atoms with Crippen LogP contribution in [0.2, 0.25) is 0 Å². The van der Waals surface area contributed by atoms with Gasteiger partial charge in [0.05, 0.1) is 5.56 Å². The summed E-state index contributed by atoms with van der Waals surface area (Å²) in [5.41, 5.74) is 6.52.